The van der Waals surface area contributed by atoms with Gasteiger partial charge in [0.05, 0.1) is 13.2 Å². The lowest BCUT2D eigenvalue weighted by molar-refractivity contribution is 0.0663. The standard InChI is InChI=1S/C18H22N2O4.ClH/c1-2-23-18(22)24-17-12-20(10-8-16(17)21)9-7-13-11-19-15-6-4-3-5-14(13)15;/h3-6,11,19,21H,2,7-10,12H2,1H3;1H. The highest BCUT2D eigenvalue weighted by Crippen LogP contribution is 2.21. The zero-order valence-corrected chi connectivity index (χ0v) is 15.0. The molecule has 136 valence electrons. The number of aliphatic hydroxyl groups is 1. The number of rotatable bonds is 5. The van der Waals surface area contributed by atoms with E-state index in [-0.39, 0.29) is 24.8 Å². The topological polar surface area (TPSA) is 74.8 Å². The van der Waals surface area contributed by atoms with Crippen molar-refractivity contribution in [3.8, 4) is 0 Å². The molecule has 6 nitrogen and oxygen atoms in total. The summed E-state index contributed by atoms with van der Waals surface area (Å²) in [5, 5.41) is 11.1. The van der Waals surface area contributed by atoms with Gasteiger partial charge in [0.25, 0.3) is 0 Å². The zero-order chi connectivity index (χ0) is 16.9. The predicted octanol–water partition coefficient (Wildman–Crippen LogP) is 3.78. The summed E-state index contributed by atoms with van der Waals surface area (Å²) in [5.74, 6) is 0.421. The Morgan fingerprint density at radius 2 is 2.16 bits per heavy atom. The monoisotopic (exact) mass is 366 g/mol. The van der Waals surface area contributed by atoms with Gasteiger partial charge in [0.1, 0.15) is 5.76 Å². The van der Waals surface area contributed by atoms with Crippen LogP contribution < -0.4 is 0 Å². The third kappa shape index (κ3) is 4.67. The van der Waals surface area contributed by atoms with E-state index in [0.717, 1.165) is 25.0 Å². The molecule has 0 aliphatic carbocycles. The Hall–Kier alpha value is -2.18. The van der Waals surface area contributed by atoms with E-state index in [1.54, 1.807) is 6.92 Å². The minimum atomic E-state index is -0.766. The number of aromatic nitrogens is 1. The molecule has 7 heteroatoms. The first kappa shape index (κ1) is 19.1. The van der Waals surface area contributed by atoms with Crippen LogP contribution in [0.3, 0.4) is 0 Å². The second-order valence-electron chi connectivity index (χ2n) is 5.79. The van der Waals surface area contributed by atoms with E-state index in [1.165, 1.54) is 10.9 Å². The largest absolute Gasteiger partial charge is 0.513 e. The van der Waals surface area contributed by atoms with Gasteiger partial charge < -0.3 is 19.6 Å². The average molecular weight is 367 g/mol. The summed E-state index contributed by atoms with van der Waals surface area (Å²) < 4.78 is 9.87. The quantitative estimate of drug-likeness (QED) is 0.787. The van der Waals surface area contributed by atoms with Crippen molar-refractivity contribution < 1.29 is 19.4 Å². The van der Waals surface area contributed by atoms with Gasteiger partial charge in [-0.25, -0.2) is 4.79 Å². The molecule has 1 aromatic carbocycles. The van der Waals surface area contributed by atoms with Crippen LogP contribution in [0.15, 0.2) is 42.0 Å². The molecule has 1 aliphatic rings. The number of benzene rings is 1. The first-order valence-corrected chi connectivity index (χ1v) is 8.20. The number of aliphatic hydroxyl groups excluding tert-OH is 1. The van der Waals surface area contributed by atoms with Gasteiger partial charge in [0, 0.05) is 36.6 Å². The zero-order valence-electron chi connectivity index (χ0n) is 14.2. The third-order valence-corrected chi connectivity index (χ3v) is 4.19. The Morgan fingerprint density at radius 3 is 2.96 bits per heavy atom. The Labute approximate surface area is 152 Å². The Bertz CT molecular complexity index is 756. The van der Waals surface area contributed by atoms with Crippen LogP contribution in [-0.2, 0) is 15.9 Å². The summed E-state index contributed by atoms with van der Waals surface area (Å²) in [4.78, 5) is 16.9. The van der Waals surface area contributed by atoms with Crippen molar-refractivity contribution in [2.45, 2.75) is 19.8 Å². The fourth-order valence-corrected chi connectivity index (χ4v) is 2.92. The molecule has 2 aromatic rings. The highest BCUT2D eigenvalue weighted by Gasteiger charge is 2.22. The average Bonchev–Trinajstić information content (AvgIpc) is 2.99. The number of fused-ring (bicyclic) bond motifs is 1. The predicted molar refractivity (Wildman–Crippen MR) is 98.1 cm³/mol. The summed E-state index contributed by atoms with van der Waals surface area (Å²) in [7, 11) is 0. The van der Waals surface area contributed by atoms with Gasteiger partial charge in [-0.3, -0.25) is 4.90 Å². The maximum atomic E-state index is 11.4. The van der Waals surface area contributed by atoms with E-state index < -0.39 is 6.16 Å². The van der Waals surface area contributed by atoms with Gasteiger partial charge in [-0.1, -0.05) is 18.2 Å². The molecule has 2 heterocycles. The molecule has 25 heavy (non-hydrogen) atoms. The van der Waals surface area contributed by atoms with E-state index in [9.17, 15) is 9.90 Å². The number of para-hydroxylation sites is 1. The van der Waals surface area contributed by atoms with Crippen LogP contribution in [0.25, 0.3) is 10.9 Å². The Kier molecular flexibility index (Phi) is 6.73. The van der Waals surface area contributed by atoms with Crippen LogP contribution in [0, 0.1) is 0 Å². The number of H-pyrrole nitrogens is 1. The van der Waals surface area contributed by atoms with Crippen LogP contribution in [0.5, 0.6) is 0 Å². The lowest BCUT2D eigenvalue weighted by atomic mass is 10.1. The molecule has 3 rings (SSSR count). The van der Waals surface area contributed by atoms with E-state index in [0.29, 0.717) is 18.7 Å². The van der Waals surface area contributed by atoms with Crippen molar-refractivity contribution in [2.75, 3.05) is 26.2 Å². The van der Waals surface area contributed by atoms with Crippen LogP contribution in [0.4, 0.5) is 4.79 Å². The SMILES string of the molecule is CCOC(=O)OC1=C(O)CCN(CCc2c[nH]c3ccccc23)C1.Cl. The van der Waals surface area contributed by atoms with E-state index in [2.05, 4.69) is 22.0 Å². The molecule has 2 N–H and O–H groups in total. The van der Waals surface area contributed by atoms with E-state index in [1.807, 2.05) is 18.3 Å². The maximum absolute atomic E-state index is 11.4. The molecule has 1 aliphatic heterocycles. The van der Waals surface area contributed by atoms with Crippen LogP contribution >= 0.6 is 12.4 Å². The van der Waals surface area contributed by atoms with Gasteiger partial charge in [0.15, 0.2) is 5.76 Å². The number of carbonyl (C=O) groups is 1. The molecule has 0 amide bonds. The number of carbonyl (C=O) groups excluding carboxylic acids is 1. The number of nitrogens with one attached hydrogen (secondary N) is 1. The molecule has 0 radical (unpaired) electrons. The molecular weight excluding hydrogens is 344 g/mol. The van der Waals surface area contributed by atoms with Crippen molar-refractivity contribution in [1.29, 1.82) is 0 Å². The van der Waals surface area contributed by atoms with Crippen LogP contribution in [0.2, 0.25) is 0 Å². The number of hydrogen-bond donors (Lipinski definition) is 2. The van der Waals surface area contributed by atoms with Crippen LogP contribution in [-0.4, -0.2) is 47.4 Å². The number of halogens is 1. The minimum absolute atomic E-state index is 0. The summed E-state index contributed by atoms with van der Waals surface area (Å²) >= 11 is 0. The first-order chi connectivity index (χ1) is 11.7. The maximum Gasteiger partial charge on any atom is 0.513 e. The molecular formula is C18H23ClN2O4. The minimum Gasteiger partial charge on any atom is -0.509 e. The number of aromatic amines is 1. The molecule has 0 unspecified atom stereocenters. The third-order valence-electron chi connectivity index (χ3n) is 4.19. The smallest absolute Gasteiger partial charge is 0.509 e. The van der Waals surface area contributed by atoms with Crippen molar-refractivity contribution in [3.05, 3.63) is 47.5 Å². The highest BCUT2D eigenvalue weighted by molar-refractivity contribution is 5.85. The van der Waals surface area contributed by atoms with Gasteiger partial charge >= 0.3 is 6.16 Å². The highest BCUT2D eigenvalue weighted by atomic mass is 35.5. The Morgan fingerprint density at radius 1 is 1.36 bits per heavy atom. The van der Waals surface area contributed by atoms with Crippen molar-refractivity contribution in [1.82, 2.24) is 9.88 Å². The lowest BCUT2D eigenvalue weighted by Crippen LogP contribution is -2.34. The lowest BCUT2D eigenvalue weighted by Gasteiger charge is -2.27. The Balaban J connectivity index is 0.00000225. The fraction of sp³-hybridized carbons (Fsp3) is 0.389. The molecule has 0 bridgehead atoms. The molecule has 1 aromatic heterocycles. The number of ether oxygens (including phenoxy) is 2. The summed E-state index contributed by atoms with van der Waals surface area (Å²) in [5.41, 5.74) is 2.40. The number of nitrogens with zero attached hydrogens (tertiary/aromatic N) is 1. The van der Waals surface area contributed by atoms with E-state index >= 15 is 0 Å². The molecule has 0 saturated carbocycles. The second kappa shape index (κ2) is 8.78. The van der Waals surface area contributed by atoms with Crippen molar-refractivity contribution >= 4 is 29.5 Å². The molecule has 0 fully saturated rings. The summed E-state index contributed by atoms with van der Waals surface area (Å²) in [6.45, 7) is 3.93. The second-order valence-corrected chi connectivity index (χ2v) is 5.79. The van der Waals surface area contributed by atoms with E-state index in [4.69, 9.17) is 9.47 Å². The summed E-state index contributed by atoms with van der Waals surface area (Å²) in [6, 6.07) is 8.22. The van der Waals surface area contributed by atoms with Crippen molar-refractivity contribution in [2.24, 2.45) is 0 Å². The van der Waals surface area contributed by atoms with Crippen LogP contribution in [0.1, 0.15) is 18.9 Å². The molecule has 0 saturated heterocycles. The first-order valence-electron chi connectivity index (χ1n) is 8.20. The van der Waals surface area contributed by atoms with Gasteiger partial charge in [0.2, 0.25) is 0 Å². The number of hydrogen-bond acceptors (Lipinski definition) is 5. The van der Waals surface area contributed by atoms with Gasteiger partial charge in [-0.2, -0.15) is 0 Å². The van der Waals surface area contributed by atoms with Gasteiger partial charge in [-0.05, 0) is 25.0 Å². The van der Waals surface area contributed by atoms with Crippen molar-refractivity contribution in [3.63, 3.8) is 0 Å². The van der Waals surface area contributed by atoms with Gasteiger partial charge in [-0.15, -0.1) is 12.4 Å². The molecule has 0 atom stereocenters. The molecule has 0 spiro atoms. The summed E-state index contributed by atoms with van der Waals surface area (Å²) in [6.07, 6.45) is 2.63. The normalized spacial score (nSPS) is 15.1. The fourth-order valence-electron chi connectivity index (χ4n) is 2.92.